The predicted molar refractivity (Wildman–Crippen MR) is 62.7 cm³/mol. The van der Waals surface area contributed by atoms with E-state index in [9.17, 15) is 0 Å². The van der Waals surface area contributed by atoms with Gasteiger partial charge in [0, 0.05) is 15.4 Å². The van der Waals surface area contributed by atoms with Crippen LogP contribution in [0.4, 0.5) is 0 Å². The summed E-state index contributed by atoms with van der Waals surface area (Å²) in [5.74, 6) is 0.439. The average molecular weight is 264 g/mol. The van der Waals surface area contributed by atoms with Crippen LogP contribution in [0.1, 0.15) is 23.8 Å². The predicted octanol–water partition coefficient (Wildman–Crippen LogP) is 3.94. The van der Waals surface area contributed by atoms with Crippen molar-refractivity contribution in [2.24, 2.45) is 0 Å². The molecule has 0 aliphatic rings. The normalized spacial score (nSPS) is 10.5. The van der Waals surface area contributed by atoms with Crippen LogP contribution < -0.4 is 0 Å². The lowest BCUT2D eigenvalue weighted by atomic mass is 10.1. The van der Waals surface area contributed by atoms with Gasteiger partial charge in [0.15, 0.2) is 0 Å². The minimum absolute atomic E-state index is 0.439. The molecule has 0 saturated heterocycles. The maximum Gasteiger partial charge on any atom is 0.207 e. The summed E-state index contributed by atoms with van der Waals surface area (Å²) in [6.07, 6.45) is 0.811. The number of nitrogens with zero attached hydrogens (tertiary/aromatic N) is 1. The van der Waals surface area contributed by atoms with E-state index in [1.165, 1.54) is 0 Å². The first-order valence-corrected chi connectivity index (χ1v) is 5.58. The zero-order valence-electron chi connectivity index (χ0n) is 8.60. The average Bonchev–Trinajstić information content (AvgIpc) is 2.55. The first kappa shape index (κ1) is 10.3. The Bertz CT molecular complexity index is 563. The van der Waals surface area contributed by atoms with Gasteiger partial charge in [-0.15, -0.1) is 0 Å². The highest BCUT2D eigenvalue weighted by atomic mass is 79.9. The third-order valence-electron chi connectivity index (χ3n) is 2.50. The molecule has 0 fully saturated rings. The van der Waals surface area contributed by atoms with Crippen molar-refractivity contribution in [2.75, 3.05) is 0 Å². The quantitative estimate of drug-likeness (QED) is 0.782. The van der Waals surface area contributed by atoms with Crippen LogP contribution in [-0.4, -0.2) is 0 Å². The van der Waals surface area contributed by atoms with Gasteiger partial charge in [0.05, 0.1) is 0 Å². The molecule has 0 saturated carbocycles. The fourth-order valence-electron chi connectivity index (χ4n) is 1.82. The zero-order chi connectivity index (χ0) is 11.0. The van der Waals surface area contributed by atoms with E-state index >= 15 is 0 Å². The Hall–Kier alpha value is -1.27. The van der Waals surface area contributed by atoms with Gasteiger partial charge in [0.1, 0.15) is 11.7 Å². The Balaban J connectivity index is 2.90. The molecule has 0 aliphatic carbocycles. The molecule has 2 nitrogen and oxygen atoms in total. The Morgan fingerprint density at radius 2 is 2.20 bits per heavy atom. The molecule has 0 radical (unpaired) electrons. The fourth-order valence-corrected chi connectivity index (χ4v) is 2.39. The summed E-state index contributed by atoms with van der Waals surface area (Å²) in [6, 6.07) is 6.10. The van der Waals surface area contributed by atoms with Crippen molar-refractivity contribution >= 4 is 26.9 Å². The molecule has 1 aromatic carbocycles. The number of fused-ring (bicyclic) bond motifs is 1. The highest BCUT2D eigenvalue weighted by Crippen LogP contribution is 2.31. The van der Waals surface area contributed by atoms with Gasteiger partial charge in [0.2, 0.25) is 5.76 Å². The lowest BCUT2D eigenvalue weighted by Gasteiger charge is -1.97. The van der Waals surface area contributed by atoms with Gasteiger partial charge in [-0.3, -0.25) is 0 Å². The second-order valence-electron chi connectivity index (χ2n) is 3.47. The van der Waals surface area contributed by atoms with Crippen molar-refractivity contribution in [1.29, 1.82) is 5.26 Å². The Morgan fingerprint density at radius 1 is 1.47 bits per heavy atom. The third kappa shape index (κ3) is 1.55. The van der Waals surface area contributed by atoms with E-state index in [4.69, 9.17) is 9.68 Å². The molecular weight excluding hydrogens is 254 g/mol. The number of benzene rings is 1. The van der Waals surface area contributed by atoms with Crippen LogP contribution in [0.2, 0.25) is 0 Å². The van der Waals surface area contributed by atoms with E-state index in [0.717, 1.165) is 33.0 Å². The minimum atomic E-state index is 0.439. The van der Waals surface area contributed by atoms with Gasteiger partial charge in [-0.05, 0) is 31.0 Å². The van der Waals surface area contributed by atoms with E-state index in [-0.39, 0.29) is 0 Å². The number of nitriles is 1. The van der Waals surface area contributed by atoms with Crippen molar-refractivity contribution in [3.05, 3.63) is 33.5 Å². The van der Waals surface area contributed by atoms with Crippen molar-refractivity contribution < 1.29 is 4.42 Å². The van der Waals surface area contributed by atoms with Gasteiger partial charge in [-0.2, -0.15) is 5.26 Å². The highest BCUT2D eigenvalue weighted by molar-refractivity contribution is 9.10. The summed E-state index contributed by atoms with van der Waals surface area (Å²) in [5.41, 5.74) is 2.87. The molecule has 1 aromatic heterocycles. The standard InChI is InChI=1S/C12H10BrNO/c1-3-9-10-5-8(13)4-7(2)12(10)15-11(9)6-14/h4-5H,3H2,1-2H3. The minimum Gasteiger partial charge on any atom is -0.445 e. The van der Waals surface area contributed by atoms with Crippen LogP contribution in [0.5, 0.6) is 0 Å². The topological polar surface area (TPSA) is 36.9 Å². The van der Waals surface area contributed by atoms with Gasteiger partial charge >= 0.3 is 0 Å². The highest BCUT2D eigenvalue weighted by Gasteiger charge is 2.14. The smallest absolute Gasteiger partial charge is 0.207 e. The zero-order valence-corrected chi connectivity index (χ0v) is 10.2. The number of furan rings is 1. The van der Waals surface area contributed by atoms with Crippen molar-refractivity contribution in [2.45, 2.75) is 20.3 Å². The second-order valence-corrected chi connectivity index (χ2v) is 4.39. The maximum absolute atomic E-state index is 8.96. The van der Waals surface area contributed by atoms with Gasteiger partial charge in [-0.1, -0.05) is 22.9 Å². The van der Waals surface area contributed by atoms with Crippen molar-refractivity contribution in [3.63, 3.8) is 0 Å². The number of hydrogen-bond donors (Lipinski definition) is 0. The van der Waals surface area contributed by atoms with Crippen molar-refractivity contribution in [3.8, 4) is 6.07 Å². The summed E-state index contributed by atoms with van der Waals surface area (Å²) in [6.45, 7) is 4.01. The molecule has 0 N–H and O–H groups in total. The van der Waals surface area contributed by atoms with Gasteiger partial charge < -0.3 is 4.42 Å². The van der Waals surface area contributed by atoms with E-state index in [1.807, 2.05) is 26.0 Å². The molecule has 0 unspecified atom stereocenters. The maximum atomic E-state index is 8.96. The number of aryl methyl sites for hydroxylation is 2. The molecule has 0 aliphatic heterocycles. The van der Waals surface area contributed by atoms with E-state index in [0.29, 0.717) is 5.76 Å². The lowest BCUT2D eigenvalue weighted by molar-refractivity contribution is 0.592. The first-order valence-electron chi connectivity index (χ1n) is 4.79. The number of hydrogen-bond acceptors (Lipinski definition) is 2. The van der Waals surface area contributed by atoms with Crippen LogP contribution in [0.3, 0.4) is 0 Å². The fraction of sp³-hybridized carbons (Fsp3) is 0.250. The molecule has 0 spiro atoms. The molecule has 2 rings (SSSR count). The lowest BCUT2D eigenvalue weighted by Crippen LogP contribution is -1.81. The second kappa shape index (κ2) is 3.71. The van der Waals surface area contributed by atoms with Crippen LogP contribution in [0.25, 0.3) is 11.0 Å². The summed E-state index contributed by atoms with van der Waals surface area (Å²) in [5, 5.41) is 10.00. The van der Waals surface area contributed by atoms with Gasteiger partial charge in [-0.25, -0.2) is 0 Å². The third-order valence-corrected chi connectivity index (χ3v) is 2.96. The summed E-state index contributed by atoms with van der Waals surface area (Å²) >= 11 is 3.45. The monoisotopic (exact) mass is 263 g/mol. The molecule has 0 bridgehead atoms. The van der Waals surface area contributed by atoms with E-state index in [1.54, 1.807) is 0 Å². The molecule has 2 aromatic rings. The molecular formula is C12H10BrNO. The van der Waals surface area contributed by atoms with Crippen molar-refractivity contribution in [1.82, 2.24) is 0 Å². The summed E-state index contributed by atoms with van der Waals surface area (Å²) in [7, 11) is 0. The Morgan fingerprint density at radius 3 is 2.80 bits per heavy atom. The van der Waals surface area contributed by atoms with Crippen LogP contribution >= 0.6 is 15.9 Å². The van der Waals surface area contributed by atoms with Crippen LogP contribution in [-0.2, 0) is 6.42 Å². The van der Waals surface area contributed by atoms with E-state index < -0.39 is 0 Å². The van der Waals surface area contributed by atoms with Gasteiger partial charge in [0.25, 0.3) is 0 Å². The SMILES string of the molecule is CCc1c(C#N)oc2c(C)cc(Br)cc12. The molecule has 0 amide bonds. The molecule has 3 heteroatoms. The summed E-state index contributed by atoms with van der Waals surface area (Å²) in [4.78, 5) is 0. The Labute approximate surface area is 96.6 Å². The Kier molecular flexibility index (Phi) is 2.54. The number of halogens is 1. The van der Waals surface area contributed by atoms with Crippen LogP contribution in [0.15, 0.2) is 21.0 Å². The molecule has 76 valence electrons. The molecule has 1 heterocycles. The van der Waals surface area contributed by atoms with E-state index in [2.05, 4.69) is 22.0 Å². The molecule has 0 atom stereocenters. The molecule has 15 heavy (non-hydrogen) atoms. The largest absolute Gasteiger partial charge is 0.445 e. The summed E-state index contributed by atoms with van der Waals surface area (Å²) < 4.78 is 6.56. The van der Waals surface area contributed by atoms with Crippen LogP contribution in [0, 0.1) is 18.3 Å². The number of rotatable bonds is 1. The first-order chi connectivity index (χ1) is 7.17.